The fourth-order valence-corrected chi connectivity index (χ4v) is 1.21. The zero-order valence-corrected chi connectivity index (χ0v) is 10.9. The molecule has 1 amide bonds. The van der Waals surface area contributed by atoms with Gasteiger partial charge in [0.25, 0.3) is 0 Å². The number of hydrogen-bond donors (Lipinski definition) is 2. The van der Waals surface area contributed by atoms with E-state index in [-0.39, 0.29) is 12.5 Å². The van der Waals surface area contributed by atoms with Crippen molar-refractivity contribution in [1.82, 2.24) is 14.9 Å². The molecule has 1 aromatic rings. The lowest BCUT2D eigenvalue weighted by Crippen LogP contribution is -2.29. The highest BCUT2D eigenvalue weighted by atomic mass is 35.5. The minimum Gasteiger partial charge on any atom is -0.360 e. The fourth-order valence-electron chi connectivity index (χ4n) is 1.05. The van der Waals surface area contributed by atoms with E-state index in [4.69, 9.17) is 11.6 Å². The van der Waals surface area contributed by atoms with Crippen LogP contribution in [0.3, 0.4) is 0 Å². The zero-order valence-electron chi connectivity index (χ0n) is 10.1. The largest absolute Gasteiger partial charge is 0.360 e. The van der Waals surface area contributed by atoms with Crippen molar-refractivity contribution in [3.05, 3.63) is 11.2 Å². The molecule has 0 aromatic carbocycles. The lowest BCUT2D eigenvalue weighted by Gasteiger charge is -2.12. The van der Waals surface area contributed by atoms with E-state index < -0.39 is 0 Å². The van der Waals surface area contributed by atoms with Crippen molar-refractivity contribution in [1.29, 1.82) is 0 Å². The summed E-state index contributed by atoms with van der Waals surface area (Å²) < 4.78 is 0. The van der Waals surface area contributed by atoms with Gasteiger partial charge in [0.2, 0.25) is 11.9 Å². The molecule has 6 nitrogen and oxygen atoms in total. The molecule has 17 heavy (non-hydrogen) atoms. The van der Waals surface area contributed by atoms with Crippen LogP contribution < -0.4 is 10.6 Å². The molecule has 1 heterocycles. The maximum atomic E-state index is 11.4. The third kappa shape index (κ3) is 4.07. The average Bonchev–Trinajstić information content (AvgIpc) is 2.29. The van der Waals surface area contributed by atoms with Gasteiger partial charge in [-0.05, 0) is 6.92 Å². The summed E-state index contributed by atoms with van der Waals surface area (Å²) >= 11 is 5.92. The Balaban J connectivity index is 2.69. The van der Waals surface area contributed by atoms with E-state index in [1.165, 1.54) is 11.1 Å². The van der Waals surface area contributed by atoms with Gasteiger partial charge in [0.05, 0.1) is 12.7 Å². The molecule has 1 rings (SSSR count). The summed E-state index contributed by atoms with van der Waals surface area (Å²) in [5.41, 5.74) is 0. The van der Waals surface area contributed by atoms with E-state index in [1.807, 2.05) is 6.92 Å². The summed E-state index contributed by atoms with van der Waals surface area (Å²) in [6.45, 7) is 2.81. The van der Waals surface area contributed by atoms with E-state index in [0.717, 1.165) is 6.54 Å². The highest BCUT2D eigenvalue weighted by Gasteiger charge is 2.08. The van der Waals surface area contributed by atoms with Crippen molar-refractivity contribution in [2.75, 3.05) is 37.8 Å². The van der Waals surface area contributed by atoms with Gasteiger partial charge in [0.15, 0.2) is 5.82 Å². The van der Waals surface area contributed by atoms with Crippen LogP contribution in [-0.2, 0) is 4.79 Å². The van der Waals surface area contributed by atoms with Crippen LogP contribution in [0.2, 0.25) is 5.02 Å². The third-order valence-electron chi connectivity index (χ3n) is 1.98. The van der Waals surface area contributed by atoms with Crippen LogP contribution in [0.25, 0.3) is 0 Å². The number of hydrogen-bond acceptors (Lipinski definition) is 5. The van der Waals surface area contributed by atoms with Crippen LogP contribution >= 0.6 is 11.6 Å². The van der Waals surface area contributed by atoms with Gasteiger partial charge in [-0.2, -0.15) is 4.98 Å². The van der Waals surface area contributed by atoms with E-state index in [0.29, 0.717) is 16.8 Å². The van der Waals surface area contributed by atoms with E-state index >= 15 is 0 Å². The standard InChI is InChI=1S/C10H16ClN5O/c1-4-12-10-14-5-7(11)9(15-10)13-6-8(17)16(2)3/h5H,4,6H2,1-3H3,(H2,12,13,14,15). The molecule has 0 aliphatic heterocycles. The van der Waals surface area contributed by atoms with Crippen LogP contribution in [0.15, 0.2) is 6.20 Å². The molecule has 0 aliphatic rings. The molecule has 0 fully saturated rings. The highest BCUT2D eigenvalue weighted by Crippen LogP contribution is 2.18. The summed E-state index contributed by atoms with van der Waals surface area (Å²) in [7, 11) is 3.38. The first-order valence-electron chi connectivity index (χ1n) is 5.25. The van der Waals surface area contributed by atoms with Crippen molar-refractivity contribution < 1.29 is 4.79 Å². The topological polar surface area (TPSA) is 70.2 Å². The first-order valence-corrected chi connectivity index (χ1v) is 5.62. The van der Waals surface area contributed by atoms with Gasteiger partial charge in [0.1, 0.15) is 5.02 Å². The molecule has 0 unspecified atom stereocenters. The predicted octanol–water partition coefficient (Wildman–Crippen LogP) is 1.06. The Morgan fingerprint density at radius 3 is 2.76 bits per heavy atom. The number of aromatic nitrogens is 2. The fraction of sp³-hybridized carbons (Fsp3) is 0.500. The van der Waals surface area contributed by atoms with Crippen molar-refractivity contribution in [2.24, 2.45) is 0 Å². The summed E-state index contributed by atoms with van der Waals surface area (Å²) in [4.78, 5) is 21.1. The van der Waals surface area contributed by atoms with Gasteiger partial charge in [-0.15, -0.1) is 0 Å². The lowest BCUT2D eigenvalue weighted by atomic mass is 10.5. The molecule has 0 atom stereocenters. The van der Waals surface area contributed by atoms with Crippen LogP contribution in [0.4, 0.5) is 11.8 Å². The van der Waals surface area contributed by atoms with Crippen LogP contribution in [0.1, 0.15) is 6.92 Å². The first kappa shape index (κ1) is 13.5. The molecular weight excluding hydrogens is 242 g/mol. The number of rotatable bonds is 5. The van der Waals surface area contributed by atoms with Crippen molar-refractivity contribution in [2.45, 2.75) is 6.92 Å². The predicted molar refractivity (Wildman–Crippen MR) is 68.4 cm³/mol. The Bertz CT molecular complexity index is 396. The van der Waals surface area contributed by atoms with E-state index in [2.05, 4.69) is 20.6 Å². The van der Waals surface area contributed by atoms with E-state index in [9.17, 15) is 4.79 Å². The minimum atomic E-state index is -0.0512. The molecule has 94 valence electrons. The maximum absolute atomic E-state index is 11.4. The van der Waals surface area contributed by atoms with Gasteiger partial charge in [-0.1, -0.05) is 11.6 Å². The summed E-state index contributed by atoms with van der Waals surface area (Å²) in [5, 5.41) is 6.24. The molecule has 0 saturated carbocycles. The monoisotopic (exact) mass is 257 g/mol. The zero-order chi connectivity index (χ0) is 12.8. The Labute approximate surface area is 105 Å². The molecule has 2 N–H and O–H groups in total. The molecule has 0 radical (unpaired) electrons. The van der Waals surface area contributed by atoms with Gasteiger partial charge in [-0.25, -0.2) is 4.98 Å². The maximum Gasteiger partial charge on any atom is 0.241 e. The molecule has 0 aliphatic carbocycles. The molecule has 0 bridgehead atoms. The van der Waals surface area contributed by atoms with E-state index in [1.54, 1.807) is 14.1 Å². The Morgan fingerprint density at radius 1 is 1.47 bits per heavy atom. The van der Waals surface area contributed by atoms with Crippen LogP contribution in [0.5, 0.6) is 0 Å². The van der Waals surface area contributed by atoms with Crippen LogP contribution in [0, 0.1) is 0 Å². The number of anilines is 2. The Hall–Kier alpha value is -1.56. The molecule has 1 aromatic heterocycles. The van der Waals surface area contributed by atoms with Gasteiger partial charge >= 0.3 is 0 Å². The number of amides is 1. The number of nitrogens with one attached hydrogen (secondary N) is 2. The molecule has 0 saturated heterocycles. The second-order valence-corrected chi connectivity index (χ2v) is 3.97. The van der Waals surface area contributed by atoms with Gasteiger partial charge in [0, 0.05) is 20.6 Å². The van der Waals surface area contributed by atoms with Gasteiger partial charge < -0.3 is 15.5 Å². The number of nitrogens with zero attached hydrogens (tertiary/aromatic N) is 3. The smallest absolute Gasteiger partial charge is 0.241 e. The quantitative estimate of drug-likeness (QED) is 0.826. The van der Waals surface area contributed by atoms with Gasteiger partial charge in [-0.3, -0.25) is 4.79 Å². The number of carbonyl (C=O) groups is 1. The number of likely N-dealkylation sites (N-methyl/N-ethyl adjacent to an activating group) is 1. The second kappa shape index (κ2) is 6.24. The SMILES string of the molecule is CCNc1ncc(Cl)c(NCC(=O)N(C)C)n1. The summed E-state index contributed by atoms with van der Waals surface area (Å²) in [5.74, 6) is 0.884. The minimum absolute atomic E-state index is 0.0512. The first-order chi connectivity index (χ1) is 8.04. The molecule has 0 spiro atoms. The normalized spacial score (nSPS) is 9.88. The van der Waals surface area contributed by atoms with Crippen molar-refractivity contribution in [3.63, 3.8) is 0 Å². The highest BCUT2D eigenvalue weighted by molar-refractivity contribution is 6.32. The summed E-state index contributed by atoms with van der Waals surface area (Å²) in [6.07, 6.45) is 1.50. The van der Waals surface area contributed by atoms with Crippen molar-refractivity contribution in [3.8, 4) is 0 Å². The number of carbonyl (C=O) groups excluding carboxylic acids is 1. The van der Waals surface area contributed by atoms with Crippen molar-refractivity contribution >= 4 is 29.3 Å². The third-order valence-corrected chi connectivity index (χ3v) is 2.26. The Kier molecular flexibility index (Phi) is 4.96. The second-order valence-electron chi connectivity index (χ2n) is 3.56. The lowest BCUT2D eigenvalue weighted by molar-refractivity contribution is -0.126. The summed E-state index contributed by atoms with van der Waals surface area (Å²) in [6, 6.07) is 0. The number of halogens is 1. The molecular formula is C10H16ClN5O. The van der Waals surface area contributed by atoms with Crippen LogP contribution in [-0.4, -0.2) is 48.0 Å². The molecule has 7 heteroatoms. The Morgan fingerprint density at radius 2 is 2.18 bits per heavy atom. The average molecular weight is 258 g/mol.